The molecule has 0 aromatic rings. The second kappa shape index (κ2) is 4.38. The van der Waals surface area contributed by atoms with E-state index in [4.69, 9.17) is 6.58 Å². The van der Waals surface area contributed by atoms with Crippen LogP contribution in [0.1, 0.15) is 13.3 Å². The normalized spacial score (nSPS) is 10.9. The van der Waals surface area contributed by atoms with Gasteiger partial charge in [-0.25, -0.2) is 0 Å². The van der Waals surface area contributed by atoms with Crippen molar-refractivity contribution in [2.24, 2.45) is 0 Å². The van der Waals surface area contributed by atoms with Gasteiger partial charge in [0.05, 0.1) is 0 Å². The van der Waals surface area contributed by atoms with Crippen LogP contribution in [0.5, 0.6) is 0 Å². The first-order valence-electron chi connectivity index (χ1n) is 2.66. The molecule has 0 atom stereocenters. The summed E-state index contributed by atoms with van der Waals surface area (Å²) < 4.78 is 0. The molecule has 0 amide bonds. The quantitative estimate of drug-likeness (QED) is 0.384. The maximum Gasteiger partial charge on any atom is -0.0103 e. The largest absolute Gasteiger partial charge is 0.103 e. The monoisotopic (exact) mass is 107 g/mol. The Bertz CT molecular complexity index is 107. The van der Waals surface area contributed by atoms with Gasteiger partial charge in [-0.3, -0.25) is 0 Å². The molecule has 0 rings (SSSR count). The minimum absolute atomic E-state index is 0.868. The summed E-state index contributed by atoms with van der Waals surface area (Å²) in [5, 5.41) is 0. The summed E-state index contributed by atoms with van der Waals surface area (Å²) in [5.41, 5.74) is 1.12. The van der Waals surface area contributed by atoms with Gasteiger partial charge in [-0.2, -0.15) is 0 Å². The van der Waals surface area contributed by atoms with Gasteiger partial charge in [0.15, 0.2) is 0 Å². The van der Waals surface area contributed by atoms with Crippen LogP contribution >= 0.6 is 0 Å². The minimum Gasteiger partial charge on any atom is -0.103 e. The highest BCUT2D eigenvalue weighted by Crippen LogP contribution is 2.00. The van der Waals surface area contributed by atoms with Gasteiger partial charge in [0.1, 0.15) is 0 Å². The Hall–Kier alpha value is -0.780. The average Bonchev–Trinajstić information content (AvgIpc) is 1.83. The second-order valence-electron chi connectivity index (χ2n) is 1.52. The number of hydrogen-bond acceptors (Lipinski definition) is 0. The van der Waals surface area contributed by atoms with Crippen LogP contribution < -0.4 is 0 Å². The summed E-state index contributed by atoms with van der Waals surface area (Å²) in [7, 11) is 0. The lowest BCUT2D eigenvalue weighted by atomic mass is 10.2. The lowest BCUT2D eigenvalue weighted by Gasteiger charge is -1.89. The molecule has 0 aliphatic rings. The highest BCUT2D eigenvalue weighted by atomic mass is 13.9. The molecule has 0 aromatic carbocycles. The summed E-state index contributed by atoms with van der Waals surface area (Å²) in [6.07, 6.45) is 6.27. The highest BCUT2D eigenvalue weighted by Gasteiger charge is 1.80. The summed E-state index contributed by atoms with van der Waals surface area (Å²) in [6, 6.07) is 0. The molecule has 43 valence electrons. The van der Waals surface area contributed by atoms with Gasteiger partial charge in [-0.05, 0) is 18.9 Å². The van der Waals surface area contributed by atoms with Crippen LogP contribution in [-0.2, 0) is 0 Å². The van der Waals surface area contributed by atoms with Crippen molar-refractivity contribution in [2.75, 3.05) is 0 Å². The standard InChI is InChI=1S/C8H11/c1-4-7-8(5-2)6-3/h2,4-6H,1,7H2,3H3. The van der Waals surface area contributed by atoms with Crippen molar-refractivity contribution < 1.29 is 0 Å². The first kappa shape index (κ1) is 7.22. The van der Waals surface area contributed by atoms with E-state index in [0.29, 0.717) is 0 Å². The molecule has 0 aliphatic carbocycles. The van der Waals surface area contributed by atoms with Crippen LogP contribution in [0, 0.1) is 6.58 Å². The summed E-state index contributed by atoms with van der Waals surface area (Å²) in [4.78, 5) is 0. The van der Waals surface area contributed by atoms with E-state index in [2.05, 4.69) is 6.58 Å². The van der Waals surface area contributed by atoms with E-state index in [1.807, 2.05) is 19.1 Å². The van der Waals surface area contributed by atoms with Gasteiger partial charge in [-0.1, -0.05) is 24.8 Å². The van der Waals surface area contributed by atoms with E-state index in [-0.39, 0.29) is 0 Å². The van der Waals surface area contributed by atoms with Crippen molar-refractivity contribution in [1.29, 1.82) is 0 Å². The van der Waals surface area contributed by atoms with E-state index < -0.39 is 0 Å². The molecule has 0 spiro atoms. The molecular formula is C8H11. The number of hydrogen-bond donors (Lipinski definition) is 0. The molecule has 0 nitrogen and oxygen atoms in total. The summed E-state index contributed by atoms with van der Waals surface area (Å²) in [6.45, 7) is 10.8. The predicted molar refractivity (Wildman–Crippen MR) is 37.4 cm³/mol. The van der Waals surface area contributed by atoms with Crippen molar-refractivity contribution in [3.05, 3.63) is 37.0 Å². The van der Waals surface area contributed by atoms with Gasteiger partial charge < -0.3 is 0 Å². The zero-order valence-electron chi connectivity index (χ0n) is 5.22. The minimum atomic E-state index is 0.868. The average molecular weight is 107 g/mol. The lowest BCUT2D eigenvalue weighted by Crippen LogP contribution is -1.69. The van der Waals surface area contributed by atoms with Crippen LogP contribution in [0.2, 0.25) is 0 Å². The van der Waals surface area contributed by atoms with E-state index >= 15 is 0 Å². The molecule has 0 aliphatic heterocycles. The summed E-state index contributed by atoms with van der Waals surface area (Å²) in [5.74, 6) is 0. The molecule has 8 heavy (non-hydrogen) atoms. The van der Waals surface area contributed by atoms with Crippen molar-refractivity contribution in [3.8, 4) is 0 Å². The maximum atomic E-state index is 5.23. The van der Waals surface area contributed by atoms with Crippen molar-refractivity contribution in [1.82, 2.24) is 0 Å². The fourth-order valence-electron chi connectivity index (χ4n) is 0.449. The van der Waals surface area contributed by atoms with E-state index in [1.54, 1.807) is 6.08 Å². The maximum absolute atomic E-state index is 5.23. The van der Waals surface area contributed by atoms with Crippen LogP contribution in [0.25, 0.3) is 0 Å². The topological polar surface area (TPSA) is 0 Å². The number of rotatable bonds is 3. The highest BCUT2D eigenvalue weighted by molar-refractivity contribution is 5.16. The Kier molecular flexibility index (Phi) is 3.95. The smallest absolute Gasteiger partial charge is 0.0103 e. The Balaban J connectivity index is 3.71. The molecule has 0 heterocycles. The Morgan fingerprint density at radius 2 is 2.38 bits per heavy atom. The molecular weight excluding hydrogens is 96.1 g/mol. The fourth-order valence-corrected chi connectivity index (χ4v) is 0.449. The summed E-state index contributed by atoms with van der Waals surface area (Å²) >= 11 is 0. The molecule has 0 saturated heterocycles. The molecule has 0 aromatic heterocycles. The number of allylic oxidation sites excluding steroid dienone is 4. The molecule has 0 unspecified atom stereocenters. The lowest BCUT2D eigenvalue weighted by molar-refractivity contribution is 1.28. The van der Waals surface area contributed by atoms with Crippen LogP contribution in [0.3, 0.4) is 0 Å². The molecule has 0 N–H and O–H groups in total. The molecule has 1 radical (unpaired) electrons. The van der Waals surface area contributed by atoms with E-state index in [1.165, 1.54) is 0 Å². The Morgan fingerprint density at radius 1 is 1.75 bits per heavy atom. The zero-order chi connectivity index (χ0) is 6.41. The van der Waals surface area contributed by atoms with Crippen LogP contribution in [0.15, 0.2) is 30.4 Å². The van der Waals surface area contributed by atoms with Crippen molar-refractivity contribution >= 4 is 0 Å². The van der Waals surface area contributed by atoms with Crippen molar-refractivity contribution in [3.63, 3.8) is 0 Å². The first-order chi connectivity index (χ1) is 3.85. The molecule has 0 saturated carbocycles. The van der Waals surface area contributed by atoms with Gasteiger partial charge in [0, 0.05) is 0 Å². The third kappa shape index (κ3) is 2.40. The van der Waals surface area contributed by atoms with Gasteiger partial charge >= 0.3 is 0 Å². The molecule has 0 heteroatoms. The molecule has 0 bridgehead atoms. The van der Waals surface area contributed by atoms with Crippen LogP contribution in [-0.4, -0.2) is 0 Å². The first-order valence-corrected chi connectivity index (χ1v) is 2.66. The fraction of sp³-hybridized carbons (Fsp3) is 0.250. The second-order valence-corrected chi connectivity index (χ2v) is 1.52. The van der Waals surface area contributed by atoms with Gasteiger partial charge in [0.2, 0.25) is 0 Å². The van der Waals surface area contributed by atoms with E-state index in [0.717, 1.165) is 12.0 Å². The predicted octanol–water partition coefficient (Wildman–Crippen LogP) is 2.50. The van der Waals surface area contributed by atoms with Crippen molar-refractivity contribution in [2.45, 2.75) is 13.3 Å². The Labute approximate surface area is 51.2 Å². The van der Waals surface area contributed by atoms with Crippen LogP contribution in [0.4, 0.5) is 0 Å². The SMILES string of the molecule is [CH]=CC(=CC)CC=C. The Morgan fingerprint density at radius 3 is 2.50 bits per heavy atom. The molecule has 0 fully saturated rings. The zero-order valence-corrected chi connectivity index (χ0v) is 5.22. The van der Waals surface area contributed by atoms with Gasteiger partial charge in [0.25, 0.3) is 0 Å². The third-order valence-corrected chi connectivity index (χ3v) is 0.965. The third-order valence-electron chi connectivity index (χ3n) is 0.965. The van der Waals surface area contributed by atoms with E-state index in [9.17, 15) is 0 Å². The van der Waals surface area contributed by atoms with Gasteiger partial charge in [-0.15, -0.1) is 6.58 Å².